The van der Waals surface area contributed by atoms with Gasteiger partial charge in [0.15, 0.2) is 0 Å². The second-order valence-electron chi connectivity index (χ2n) is 15.1. The zero-order valence-corrected chi connectivity index (χ0v) is 29.5. The number of carbonyl (C=O) groups excluding carboxylic acids is 4. The van der Waals surface area contributed by atoms with E-state index in [-0.39, 0.29) is 55.7 Å². The average molecular weight is 689 g/mol. The number of carbonyl (C=O) groups is 4. The SMILES string of the molecule is CCOC(=O)[C@@]12C[C@H]1/C=C\CCCCC[C@H](Nc1cccc(C(C)(C)C)c1)C(=O)N1C[C@H](OC(=O)N3Cc4cccc(F)c4C3)C[C@H]1C(=O)N2. The van der Waals surface area contributed by atoms with Crippen molar-refractivity contribution in [1.29, 1.82) is 0 Å². The number of amides is 3. The van der Waals surface area contributed by atoms with Crippen molar-refractivity contribution in [2.24, 2.45) is 5.92 Å². The van der Waals surface area contributed by atoms with Crippen molar-refractivity contribution in [1.82, 2.24) is 15.1 Å². The van der Waals surface area contributed by atoms with E-state index in [1.54, 1.807) is 19.1 Å². The van der Waals surface area contributed by atoms with Gasteiger partial charge in [-0.05, 0) is 67.3 Å². The topological polar surface area (TPSA) is 117 Å². The van der Waals surface area contributed by atoms with E-state index in [4.69, 9.17) is 9.47 Å². The van der Waals surface area contributed by atoms with Gasteiger partial charge in [0.1, 0.15) is 29.5 Å². The van der Waals surface area contributed by atoms with E-state index in [1.807, 2.05) is 18.2 Å². The van der Waals surface area contributed by atoms with E-state index >= 15 is 0 Å². The maximum absolute atomic E-state index is 14.6. The molecule has 3 heterocycles. The zero-order chi connectivity index (χ0) is 35.6. The number of ether oxygens (including phenoxy) is 2. The second kappa shape index (κ2) is 14.4. The Kier molecular flexibility index (Phi) is 10.2. The van der Waals surface area contributed by atoms with Crippen molar-refractivity contribution in [3.63, 3.8) is 0 Å². The molecule has 10 nitrogen and oxygen atoms in total. The Morgan fingerprint density at radius 2 is 1.88 bits per heavy atom. The van der Waals surface area contributed by atoms with Crippen molar-refractivity contribution in [3.8, 4) is 0 Å². The minimum Gasteiger partial charge on any atom is -0.464 e. The van der Waals surface area contributed by atoms with E-state index in [0.717, 1.165) is 42.5 Å². The first-order valence-electron chi connectivity index (χ1n) is 17.9. The molecular formula is C39H49FN4O6. The van der Waals surface area contributed by atoms with Gasteiger partial charge < -0.3 is 25.0 Å². The number of benzene rings is 2. The predicted molar refractivity (Wildman–Crippen MR) is 186 cm³/mol. The fourth-order valence-corrected chi connectivity index (χ4v) is 7.40. The molecule has 0 aromatic heterocycles. The summed E-state index contributed by atoms with van der Waals surface area (Å²) in [6.07, 6.45) is 7.11. The summed E-state index contributed by atoms with van der Waals surface area (Å²) < 4.78 is 25.8. The second-order valence-corrected chi connectivity index (χ2v) is 15.1. The molecule has 1 aliphatic carbocycles. The fourth-order valence-electron chi connectivity index (χ4n) is 7.40. The summed E-state index contributed by atoms with van der Waals surface area (Å²) in [5.41, 5.74) is 1.81. The van der Waals surface area contributed by atoms with Gasteiger partial charge in [-0.15, -0.1) is 0 Å². The lowest BCUT2D eigenvalue weighted by Crippen LogP contribution is -2.55. The van der Waals surface area contributed by atoms with Crippen LogP contribution in [0.2, 0.25) is 0 Å². The number of rotatable bonds is 5. The number of anilines is 1. The largest absolute Gasteiger partial charge is 0.464 e. The van der Waals surface area contributed by atoms with Crippen molar-refractivity contribution in [2.45, 2.75) is 115 Å². The minimum absolute atomic E-state index is 0.00770. The van der Waals surface area contributed by atoms with Crippen LogP contribution in [0.3, 0.4) is 0 Å². The third-order valence-corrected chi connectivity index (χ3v) is 10.4. The molecule has 5 atom stereocenters. The molecule has 0 unspecified atom stereocenters. The summed E-state index contributed by atoms with van der Waals surface area (Å²) >= 11 is 0. The van der Waals surface area contributed by atoms with Crippen molar-refractivity contribution >= 4 is 29.6 Å². The molecule has 0 radical (unpaired) electrons. The van der Waals surface area contributed by atoms with Crippen LogP contribution in [0.15, 0.2) is 54.6 Å². The van der Waals surface area contributed by atoms with Crippen LogP contribution in [0.5, 0.6) is 0 Å². The number of esters is 1. The smallest absolute Gasteiger partial charge is 0.410 e. The van der Waals surface area contributed by atoms with Gasteiger partial charge >= 0.3 is 12.1 Å². The van der Waals surface area contributed by atoms with E-state index in [9.17, 15) is 23.6 Å². The summed E-state index contributed by atoms with van der Waals surface area (Å²) in [6, 6.07) is 11.2. The van der Waals surface area contributed by atoms with E-state index in [0.29, 0.717) is 18.4 Å². The molecule has 2 fully saturated rings. The van der Waals surface area contributed by atoms with Gasteiger partial charge in [0, 0.05) is 30.1 Å². The van der Waals surface area contributed by atoms with Crippen LogP contribution in [0.25, 0.3) is 0 Å². The van der Waals surface area contributed by atoms with Crippen LogP contribution in [-0.2, 0) is 42.4 Å². The Morgan fingerprint density at radius 1 is 1.08 bits per heavy atom. The Labute approximate surface area is 293 Å². The molecule has 1 saturated carbocycles. The Bertz CT molecular complexity index is 1660. The number of halogens is 1. The number of hydrogen-bond acceptors (Lipinski definition) is 7. The number of allylic oxidation sites excluding steroid dienone is 1. The molecule has 11 heteroatoms. The lowest BCUT2D eigenvalue weighted by molar-refractivity contribution is -0.150. The first kappa shape index (κ1) is 35.4. The molecule has 0 spiro atoms. The molecular weight excluding hydrogens is 639 g/mol. The van der Waals surface area contributed by atoms with Crippen LogP contribution < -0.4 is 10.6 Å². The molecule has 3 aliphatic heterocycles. The molecule has 2 aromatic carbocycles. The molecule has 1 saturated heterocycles. The normalized spacial score (nSPS) is 27.5. The summed E-state index contributed by atoms with van der Waals surface area (Å²) in [6.45, 7) is 8.60. The molecule has 3 amide bonds. The summed E-state index contributed by atoms with van der Waals surface area (Å²) in [5, 5.41) is 6.45. The first-order chi connectivity index (χ1) is 23.9. The fraction of sp³-hybridized carbons (Fsp3) is 0.538. The van der Waals surface area contributed by atoms with Crippen molar-refractivity contribution in [2.75, 3.05) is 18.5 Å². The minimum atomic E-state index is -1.20. The summed E-state index contributed by atoms with van der Waals surface area (Å²) in [7, 11) is 0. The van der Waals surface area contributed by atoms with Gasteiger partial charge in [-0.2, -0.15) is 0 Å². The maximum atomic E-state index is 14.6. The molecule has 0 bridgehead atoms. The lowest BCUT2D eigenvalue weighted by atomic mass is 9.87. The highest BCUT2D eigenvalue weighted by Crippen LogP contribution is 2.46. The van der Waals surface area contributed by atoms with Crippen LogP contribution in [0.1, 0.15) is 89.3 Å². The van der Waals surface area contributed by atoms with Crippen LogP contribution in [0.4, 0.5) is 14.9 Å². The monoisotopic (exact) mass is 688 g/mol. The molecule has 2 aromatic rings. The van der Waals surface area contributed by atoms with Crippen LogP contribution >= 0.6 is 0 Å². The molecule has 2 N–H and O–H groups in total. The lowest BCUT2D eigenvalue weighted by Gasteiger charge is -2.30. The first-order valence-corrected chi connectivity index (χ1v) is 17.9. The predicted octanol–water partition coefficient (Wildman–Crippen LogP) is 5.98. The van der Waals surface area contributed by atoms with Crippen molar-refractivity contribution in [3.05, 3.63) is 77.1 Å². The highest BCUT2D eigenvalue weighted by atomic mass is 19.1. The Hall–Kier alpha value is -4.41. The Morgan fingerprint density at radius 3 is 2.64 bits per heavy atom. The standard InChI is InChI=1S/C39H49FN4O6/c1-5-49-36(47)39-21-27(39)14-9-7-6-8-10-18-32(41-28-16-12-15-26(19-28)38(2,3)4)35(46)44-23-29(20-33(44)34(45)42-39)50-37(48)43-22-25-13-11-17-31(40)30(25)24-43/h9,11-17,19,27,29,32-33,41H,5-8,10,18,20-24H2,1-4H3,(H,42,45)/b14-9-/t27-,29-,32+,33+,39-/m1/s1. The van der Waals surface area contributed by atoms with Gasteiger partial charge in [0.25, 0.3) is 0 Å². The zero-order valence-electron chi connectivity index (χ0n) is 29.5. The van der Waals surface area contributed by atoms with Gasteiger partial charge in [-0.3, -0.25) is 14.5 Å². The van der Waals surface area contributed by atoms with E-state index in [2.05, 4.69) is 49.6 Å². The summed E-state index contributed by atoms with van der Waals surface area (Å²) in [4.78, 5) is 58.3. The van der Waals surface area contributed by atoms with Gasteiger partial charge in [0.05, 0.1) is 19.7 Å². The highest BCUT2D eigenvalue weighted by molar-refractivity contribution is 5.96. The average Bonchev–Trinajstić information content (AvgIpc) is 3.38. The molecule has 268 valence electrons. The Balaban J connectivity index is 1.27. The quantitative estimate of drug-likeness (QED) is 0.293. The third-order valence-electron chi connectivity index (χ3n) is 10.4. The van der Waals surface area contributed by atoms with E-state index < -0.39 is 41.7 Å². The maximum Gasteiger partial charge on any atom is 0.410 e. The summed E-state index contributed by atoms with van der Waals surface area (Å²) in [5.74, 6) is -1.84. The van der Waals surface area contributed by atoms with Crippen molar-refractivity contribution < 1.29 is 33.0 Å². The van der Waals surface area contributed by atoms with E-state index in [1.165, 1.54) is 15.9 Å². The number of fused-ring (bicyclic) bond motifs is 3. The highest BCUT2D eigenvalue weighted by Gasteiger charge is 2.62. The van der Waals surface area contributed by atoms with Gasteiger partial charge in [-0.1, -0.05) is 70.0 Å². The number of hydrogen-bond donors (Lipinski definition) is 2. The van der Waals surface area contributed by atoms with Crippen LogP contribution in [-0.4, -0.2) is 70.6 Å². The number of nitrogens with one attached hydrogen (secondary N) is 2. The molecule has 50 heavy (non-hydrogen) atoms. The molecule has 4 aliphatic rings. The van der Waals surface area contributed by atoms with Gasteiger partial charge in [-0.25, -0.2) is 14.0 Å². The van der Waals surface area contributed by atoms with Crippen LogP contribution in [0, 0.1) is 11.7 Å². The third kappa shape index (κ3) is 7.51. The molecule has 6 rings (SSSR count). The number of nitrogens with zero attached hydrogens (tertiary/aromatic N) is 2. The van der Waals surface area contributed by atoms with Gasteiger partial charge in [0.2, 0.25) is 11.8 Å².